The molecule has 4 rings (SSSR count). The predicted octanol–water partition coefficient (Wildman–Crippen LogP) is 4.99. The number of aromatic nitrogens is 1. The number of rotatable bonds is 2. The summed E-state index contributed by atoms with van der Waals surface area (Å²) in [6.07, 6.45) is 7.72. The van der Waals surface area contributed by atoms with Crippen molar-refractivity contribution in [3.63, 3.8) is 0 Å². The second-order valence-corrected chi connectivity index (χ2v) is 7.26. The van der Waals surface area contributed by atoms with Crippen molar-refractivity contribution in [3.8, 4) is 0 Å². The molecule has 0 spiro atoms. The summed E-state index contributed by atoms with van der Waals surface area (Å²) in [4.78, 5) is 3.26. The van der Waals surface area contributed by atoms with Crippen LogP contribution in [0.15, 0.2) is 61.1 Å². The normalized spacial score (nSPS) is 16.4. The Hall–Kier alpha value is -2.11. The van der Waals surface area contributed by atoms with Gasteiger partial charge in [0, 0.05) is 18.1 Å². The number of nitrogens with zero attached hydrogens (tertiary/aromatic N) is 2. The van der Waals surface area contributed by atoms with E-state index in [-0.39, 0.29) is 0 Å². The molecule has 2 aromatic heterocycles. The average Bonchev–Trinajstić information content (AvgIpc) is 3.19. The number of fused-ring (bicyclic) bond motifs is 2. The van der Waals surface area contributed by atoms with E-state index in [9.17, 15) is 0 Å². The maximum Gasteiger partial charge on any atom is 0.374 e. The summed E-state index contributed by atoms with van der Waals surface area (Å²) in [7, 11) is 4.01. The Labute approximate surface area is 149 Å². The smallest absolute Gasteiger partial charge is 0.374 e. The summed E-state index contributed by atoms with van der Waals surface area (Å²) >= 11 is 7.77. The van der Waals surface area contributed by atoms with Gasteiger partial charge in [-0.3, -0.25) is 0 Å². The molecule has 122 valence electrons. The van der Waals surface area contributed by atoms with Gasteiger partial charge in [0.15, 0.2) is 0 Å². The van der Waals surface area contributed by atoms with Crippen molar-refractivity contribution in [1.82, 2.24) is 0 Å². The van der Waals surface area contributed by atoms with Crippen LogP contribution >= 0.6 is 23.4 Å². The first-order valence-electron chi connectivity index (χ1n) is 7.49. The molecule has 0 N–H and O–H groups in total. The van der Waals surface area contributed by atoms with Crippen molar-refractivity contribution in [3.05, 3.63) is 58.3 Å². The van der Waals surface area contributed by atoms with Crippen molar-refractivity contribution in [2.75, 3.05) is 11.9 Å². The van der Waals surface area contributed by atoms with Gasteiger partial charge >= 0.3 is 5.89 Å². The van der Waals surface area contributed by atoms with E-state index in [2.05, 4.69) is 17.9 Å². The molecular formula is C18H16ClN2O2S+. The highest BCUT2D eigenvalue weighted by Crippen LogP contribution is 2.45. The van der Waals surface area contributed by atoms with Crippen LogP contribution in [0.5, 0.6) is 0 Å². The van der Waals surface area contributed by atoms with Gasteiger partial charge in [-0.2, -0.15) is 4.57 Å². The van der Waals surface area contributed by atoms with Gasteiger partial charge in [-0.1, -0.05) is 23.4 Å². The van der Waals surface area contributed by atoms with Crippen LogP contribution in [0.3, 0.4) is 0 Å². The number of furan rings is 1. The first-order valence-corrected chi connectivity index (χ1v) is 8.68. The monoisotopic (exact) mass is 359 g/mol. The highest BCUT2D eigenvalue weighted by molar-refractivity contribution is 8.03. The van der Waals surface area contributed by atoms with Crippen LogP contribution in [-0.2, 0) is 7.05 Å². The number of benzene rings is 1. The Balaban J connectivity index is 1.68. The number of aryl methyl sites for hydroxylation is 1. The third-order valence-electron chi connectivity index (χ3n) is 4.04. The van der Waals surface area contributed by atoms with Crippen molar-refractivity contribution in [1.29, 1.82) is 0 Å². The minimum absolute atomic E-state index is 0.701. The predicted molar refractivity (Wildman–Crippen MR) is 97.1 cm³/mol. The SMILES string of the molecule is CC(=Cc1oc2ccc(Cl)cc2[n+]1C)C=C1Sc2cocc2N1C. The van der Waals surface area contributed by atoms with Crippen LogP contribution in [0.25, 0.3) is 17.2 Å². The van der Waals surface area contributed by atoms with Gasteiger partial charge in [-0.05, 0) is 30.7 Å². The number of hydrogen-bond donors (Lipinski definition) is 0. The third kappa shape index (κ3) is 2.54. The molecule has 0 saturated carbocycles. The molecule has 0 bridgehead atoms. The highest BCUT2D eigenvalue weighted by atomic mass is 35.5. The maximum absolute atomic E-state index is 6.07. The minimum Gasteiger partial charge on any atom is -0.469 e. The lowest BCUT2D eigenvalue weighted by molar-refractivity contribution is -0.652. The van der Waals surface area contributed by atoms with Gasteiger partial charge < -0.3 is 13.7 Å². The van der Waals surface area contributed by atoms with Gasteiger partial charge in [0.25, 0.3) is 5.52 Å². The Morgan fingerprint density at radius 1 is 1.33 bits per heavy atom. The molecule has 0 unspecified atom stereocenters. The van der Waals surface area contributed by atoms with Crippen LogP contribution in [0.1, 0.15) is 12.8 Å². The van der Waals surface area contributed by atoms with Crippen molar-refractivity contribution >= 4 is 46.2 Å². The number of anilines is 1. The van der Waals surface area contributed by atoms with Gasteiger partial charge in [0.2, 0.25) is 5.58 Å². The van der Waals surface area contributed by atoms with E-state index >= 15 is 0 Å². The quantitative estimate of drug-likeness (QED) is 0.603. The zero-order valence-corrected chi connectivity index (χ0v) is 15.1. The van der Waals surface area contributed by atoms with Crippen molar-refractivity contribution in [2.45, 2.75) is 11.8 Å². The Bertz CT molecular complexity index is 1000. The summed E-state index contributed by atoms with van der Waals surface area (Å²) in [6.45, 7) is 2.06. The summed E-state index contributed by atoms with van der Waals surface area (Å²) in [5.74, 6) is 0.786. The fraction of sp³-hybridized carbons (Fsp3) is 0.167. The second kappa shape index (κ2) is 5.76. The van der Waals surface area contributed by atoms with Crippen molar-refractivity contribution < 1.29 is 13.4 Å². The molecule has 4 nitrogen and oxygen atoms in total. The van der Waals surface area contributed by atoms with Gasteiger partial charge in [0.1, 0.15) is 19.6 Å². The average molecular weight is 360 g/mol. The fourth-order valence-electron chi connectivity index (χ4n) is 2.72. The lowest BCUT2D eigenvalue weighted by Gasteiger charge is -2.11. The molecule has 0 amide bonds. The number of thioether (sulfide) groups is 1. The molecule has 0 saturated heterocycles. The van der Waals surface area contributed by atoms with E-state index in [1.807, 2.05) is 42.9 Å². The van der Waals surface area contributed by atoms with E-state index in [1.165, 1.54) is 0 Å². The summed E-state index contributed by atoms with van der Waals surface area (Å²) in [6, 6.07) is 5.64. The van der Waals surface area contributed by atoms with Gasteiger partial charge in [0.05, 0.1) is 21.7 Å². The lowest BCUT2D eigenvalue weighted by atomic mass is 10.2. The number of halogens is 1. The molecule has 1 aliphatic rings. The van der Waals surface area contributed by atoms with E-state index in [0.29, 0.717) is 5.02 Å². The first kappa shape index (κ1) is 15.4. The van der Waals surface area contributed by atoms with Crippen LogP contribution in [0, 0.1) is 0 Å². The van der Waals surface area contributed by atoms with Crippen LogP contribution in [0.4, 0.5) is 5.69 Å². The summed E-state index contributed by atoms with van der Waals surface area (Å²) < 4.78 is 13.2. The number of hydrogen-bond acceptors (Lipinski definition) is 4. The molecule has 0 atom stereocenters. The van der Waals surface area contributed by atoms with Crippen LogP contribution in [-0.4, -0.2) is 7.05 Å². The summed E-state index contributed by atoms with van der Waals surface area (Å²) in [5.41, 5.74) is 4.00. The topological polar surface area (TPSA) is 33.4 Å². The van der Waals surface area contributed by atoms with E-state index in [1.54, 1.807) is 24.3 Å². The Morgan fingerprint density at radius 2 is 2.17 bits per heavy atom. The lowest BCUT2D eigenvalue weighted by Crippen LogP contribution is -2.29. The van der Waals surface area contributed by atoms with Gasteiger partial charge in [-0.15, -0.1) is 0 Å². The zero-order valence-electron chi connectivity index (χ0n) is 13.5. The number of allylic oxidation sites excluding steroid dienone is 2. The molecule has 3 heterocycles. The molecule has 6 heteroatoms. The third-order valence-corrected chi connectivity index (χ3v) is 5.40. The summed E-state index contributed by atoms with van der Waals surface area (Å²) in [5, 5.41) is 1.86. The molecule has 0 aliphatic carbocycles. The van der Waals surface area contributed by atoms with Gasteiger partial charge in [-0.25, -0.2) is 0 Å². The standard InChI is InChI=1S/C18H16ClN2O2S/c1-11(7-18-21(3)14-9-22-10-16(14)24-18)6-17-20(2)13-8-12(19)4-5-15(13)23-17/h4-10H,1-3H3/q+1. The molecule has 0 radical (unpaired) electrons. The van der Waals surface area contributed by atoms with E-state index in [0.717, 1.165) is 38.2 Å². The first-order chi connectivity index (χ1) is 11.5. The van der Waals surface area contributed by atoms with E-state index < -0.39 is 0 Å². The Kier molecular flexibility index (Phi) is 3.70. The highest BCUT2D eigenvalue weighted by Gasteiger charge is 2.24. The maximum atomic E-state index is 6.07. The minimum atomic E-state index is 0.701. The second-order valence-electron chi connectivity index (χ2n) is 5.76. The number of oxazole rings is 1. The van der Waals surface area contributed by atoms with E-state index in [4.69, 9.17) is 20.4 Å². The zero-order chi connectivity index (χ0) is 16.8. The van der Waals surface area contributed by atoms with Crippen molar-refractivity contribution in [2.24, 2.45) is 7.05 Å². The molecule has 1 aliphatic heterocycles. The van der Waals surface area contributed by atoms with Crippen LogP contribution < -0.4 is 9.47 Å². The Morgan fingerprint density at radius 3 is 2.96 bits per heavy atom. The molecule has 24 heavy (non-hydrogen) atoms. The largest absolute Gasteiger partial charge is 0.469 e. The van der Waals surface area contributed by atoms with Crippen LogP contribution in [0.2, 0.25) is 5.02 Å². The molecule has 0 fully saturated rings. The fourth-order valence-corrected chi connectivity index (χ4v) is 3.99. The molecule has 1 aromatic carbocycles. The molecule has 3 aromatic rings. The molecular weight excluding hydrogens is 344 g/mol.